The molecule has 0 spiro atoms. The number of fused-ring (bicyclic) bond motifs is 1. The maximum Gasteiger partial charge on any atom is 0.191 e. The monoisotopic (exact) mass is 405 g/mol. The fourth-order valence-electron chi connectivity index (χ4n) is 3.08. The molecule has 1 aliphatic heterocycles. The summed E-state index contributed by atoms with van der Waals surface area (Å²) in [7, 11) is 1.62. The number of ether oxygens (including phenoxy) is 2. The molecule has 3 aromatic rings. The summed E-state index contributed by atoms with van der Waals surface area (Å²) in [5.74, 6) is 1.31. The molecule has 142 valence electrons. The fourth-order valence-corrected chi connectivity index (χ4v) is 3.61. The second-order valence-corrected chi connectivity index (χ2v) is 7.36. The van der Waals surface area contributed by atoms with Gasteiger partial charge >= 0.3 is 0 Å². The highest BCUT2D eigenvalue weighted by atomic mass is 35.5. The third-order valence-corrected chi connectivity index (χ3v) is 5.35. The van der Waals surface area contributed by atoms with Gasteiger partial charge in [0.2, 0.25) is 0 Å². The minimum absolute atomic E-state index is 0.0402. The number of hydrogen-bond donors (Lipinski definition) is 1. The molecule has 1 atom stereocenters. The van der Waals surface area contributed by atoms with Gasteiger partial charge in [-0.2, -0.15) is 0 Å². The third-order valence-electron chi connectivity index (χ3n) is 4.48. The molecule has 1 aromatic carbocycles. The number of benzene rings is 1. The Morgan fingerprint density at radius 1 is 1.33 bits per heavy atom. The zero-order valence-electron chi connectivity index (χ0n) is 15.1. The summed E-state index contributed by atoms with van der Waals surface area (Å²) >= 11 is 7.82. The number of halogens is 1. The highest BCUT2D eigenvalue weighted by molar-refractivity contribution is 7.98. The summed E-state index contributed by atoms with van der Waals surface area (Å²) in [6, 6.07) is 5.42. The summed E-state index contributed by atoms with van der Waals surface area (Å²) < 4.78 is 13.2. The molecule has 0 aliphatic carbocycles. The highest BCUT2D eigenvalue weighted by Crippen LogP contribution is 2.33. The molecule has 0 bridgehead atoms. The van der Waals surface area contributed by atoms with Crippen LogP contribution in [0.3, 0.4) is 0 Å². The van der Waals surface area contributed by atoms with Crippen molar-refractivity contribution >= 4 is 46.0 Å². The van der Waals surface area contributed by atoms with Crippen LogP contribution in [0.15, 0.2) is 29.7 Å². The van der Waals surface area contributed by atoms with Crippen LogP contribution in [0.1, 0.15) is 25.5 Å². The van der Waals surface area contributed by atoms with Crippen LogP contribution in [0, 0.1) is 0 Å². The van der Waals surface area contributed by atoms with Gasteiger partial charge in [-0.15, -0.1) is 0 Å². The molecule has 1 saturated heterocycles. The van der Waals surface area contributed by atoms with E-state index in [2.05, 4.69) is 20.3 Å². The van der Waals surface area contributed by atoms with E-state index in [1.165, 1.54) is 11.8 Å². The largest absolute Gasteiger partial charge is 0.497 e. The van der Waals surface area contributed by atoms with Crippen molar-refractivity contribution in [1.82, 2.24) is 19.5 Å². The maximum absolute atomic E-state index is 6.34. The lowest BCUT2D eigenvalue weighted by Gasteiger charge is -2.23. The number of rotatable bonds is 5. The average molecular weight is 406 g/mol. The quantitative estimate of drug-likeness (QED) is 0.489. The molecule has 7 nitrogen and oxygen atoms in total. The summed E-state index contributed by atoms with van der Waals surface area (Å²) in [5.41, 5.74) is 2.13. The van der Waals surface area contributed by atoms with E-state index in [0.29, 0.717) is 33.0 Å². The molecular formula is C18H20ClN5O2S. The molecular weight excluding hydrogens is 386 g/mol. The molecule has 1 aliphatic rings. The van der Waals surface area contributed by atoms with Crippen LogP contribution in [-0.2, 0) is 4.74 Å². The first-order valence-electron chi connectivity index (χ1n) is 8.70. The van der Waals surface area contributed by atoms with Crippen molar-refractivity contribution < 1.29 is 9.47 Å². The van der Waals surface area contributed by atoms with E-state index in [-0.39, 0.29) is 6.23 Å². The molecule has 0 amide bonds. The topological polar surface area (TPSA) is 74.1 Å². The molecule has 1 fully saturated rings. The van der Waals surface area contributed by atoms with Crippen LogP contribution < -0.4 is 10.1 Å². The number of aromatic nitrogens is 4. The van der Waals surface area contributed by atoms with Crippen LogP contribution >= 0.6 is 23.4 Å². The lowest BCUT2D eigenvalue weighted by molar-refractivity contribution is -0.0298. The van der Waals surface area contributed by atoms with Crippen molar-refractivity contribution in [3.8, 4) is 5.75 Å². The molecule has 0 saturated carbocycles. The Morgan fingerprint density at radius 2 is 2.22 bits per heavy atom. The van der Waals surface area contributed by atoms with Crippen molar-refractivity contribution in [2.75, 3.05) is 25.3 Å². The van der Waals surface area contributed by atoms with Crippen LogP contribution in [0.4, 0.5) is 11.5 Å². The van der Waals surface area contributed by atoms with E-state index >= 15 is 0 Å². The Kier molecular flexibility index (Phi) is 5.38. The molecule has 2 aromatic heterocycles. The summed E-state index contributed by atoms with van der Waals surface area (Å²) in [6.45, 7) is 0.759. The van der Waals surface area contributed by atoms with Gasteiger partial charge in [-0.05, 0) is 37.7 Å². The van der Waals surface area contributed by atoms with E-state index < -0.39 is 0 Å². The van der Waals surface area contributed by atoms with E-state index in [9.17, 15) is 0 Å². The first-order valence-corrected chi connectivity index (χ1v) is 10.3. The third kappa shape index (κ3) is 3.69. The SMILES string of the molecule is COc1ccc(Cl)c(Nc2nc(SC)nc3c2ncn3C2CCCCO2)c1. The number of nitrogens with one attached hydrogen (secondary N) is 1. The smallest absolute Gasteiger partial charge is 0.191 e. The maximum atomic E-state index is 6.34. The summed E-state index contributed by atoms with van der Waals surface area (Å²) in [5, 5.41) is 4.51. The first-order chi connectivity index (χ1) is 13.2. The Balaban J connectivity index is 1.77. The van der Waals surface area contributed by atoms with Gasteiger partial charge in [0.1, 0.15) is 12.0 Å². The Bertz CT molecular complexity index is 958. The minimum atomic E-state index is -0.0402. The zero-order valence-corrected chi connectivity index (χ0v) is 16.7. The first kappa shape index (κ1) is 18.3. The van der Waals surface area contributed by atoms with Gasteiger partial charge in [0.25, 0.3) is 0 Å². The fraction of sp³-hybridized carbons (Fsp3) is 0.389. The van der Waals surface area contributed by atoms with Crippen molar-refractivity contribution in [1.29, 1.82) is 0 Å². The number of thioether (sulfide) groups is 1. The van der Waals surface area contributed by atoms with Gasteiger partial charge in [-0.25, -0.2) is 15.0 Å². The second-order valence-electron chi connectivity index (χ2n) is 6.17. The molecule has 3 heterocycles. The summed E-state index contributed by atoms with van der Waals surface area (Å²) in [6.07, 6.45) is 6.86. The predicted molar refractivity (Wildman–Crippen MR) is 107 cm³/mol. The molecule has 1 N–H and O–H groups in total. The highest BCUT2D eigenvalue weighted by Gasteiger charge is 2.21. The van der Waals surface area contributed by atoms with Crippen LogP contribution in [0.25, 0.3) is 11.2 Å². The number of hydrogen-bond acceptors (Lipinski definition) is 7. The van der Waals surface area contributed by atoms with Gasteiger partial charge in [-0.1, -0.05) is 23.4 Å². The van der Waals surface area contributed by atoms with Crippen LogP contribution in [0.2, 0.25) is 5.02 Å². The van der Waals surface area contributed by atoms with Crippen molar-refractivity contribution in [2.45, 2.75) is 30.6 Å². The van der Waals surface area contributed by atoms with Gasteiger partial charge in [0.05, 0.1) is 24.1 Å². The number of nitrogens with zero attached hydrogens (tertiary/aromatic N) is 4. The molecule has 27 heavy (non-hydrogen) atoms. The Morgan fingerprint density at radius 3 is 2.96 bits per heavy atom. The Labute approximate surface area is 166 Å². The van der Waals surface area contributed by atoms with Crippen LogP contribution in [-0.4, -0.2) is 39.5 Å². The Hall–Kier alpha value is -2.03. The standard InChI is InChI=1S/C18H20ClN5O2S/c1-25-11-6-7-12(19)13(9-11)21-16-15-17(23-18(22-16)27-2)24(10-20-15)14-5-3-4-8-26-14/h6-7,9-10,14H,3-5,8H2,1-2H3,(H,21,22,23). The number of imidazole rings is 1. The lowest BCUT2D eigenvalue weighted by atomic mass is 10.2. The second kappa shape index (κ2) is 7.92. The summed E-state index contributed by atoms with van der Waals surface area (Å²) in [4.78, 5) is 13.8. The zero-order chi connectivity index (χ0) is 18.8. The average Bonchev–Trinajstić information content (AvgIpc) is 3.14. The van der Waals surface area contributed by atoms with Crippen molar-refractivity contribution in [2.24, 2.45) is 0 Å². The van der Waals surface area contributed by atoms with Gasteiger partial charge in [0.15, 0.2) is 22.1 Å². The van der Waals surface area contributed by atoms with Crippen LogP contribution in [0.5, 0.6) is 5.75 Å². The van der Waals surface area contributed by atoms with Gasteiger partial charge in [-0.3, -0.25) is 4.57 Å². The molecule has 0 radical (unpaired) electrons. The lowest BCUT2D eigenvalue weighted by Crippen LogP contribution is -2.17. The van der Waals surface area contributed by atoms with Crippen molar-refractivity contribution in [3.05, 3.63) is 29.5 Å². The van der Waals surface area contributed by atoms with Crippen molar-refractivity contribution in [3.63, 3.8) is 0 Å². The van der Waals surface area contributed by atoms with E-state index in [4.69, 9.17) is 21.1 Å². The minimum Gasteiger partial charge on any atom is -0.497 e. The van der Waals surface area contributed by atoms with Gasteiger partial charge in [0, 0.05) is 12.7 Å². The molecule has 1 unspecified atom stereocenters. The van der Waals surface area contributed by atoms with E-state index in [1.54, 1.807) is 19.5 Å². The normalized spacial score (nSPS) is 17.2. The van der Waals surface area contributed by atoms with E-state index in [1.807, 2.05) is 23.0 Å². The predicted octanol–water partition coefficient (Wildman–Crippen LogP) is 4.65. The molecule has 4 rings (SSSR count). The van der Waals surface area contributed by atoms with Gasteiger partial charge < -0.3 is 14.8 Å². The molecule has 9 heteroatoms. The van der Waals surface area contributed by atoms with E-state index in [0.717, 1.165) is 31.5 Å². The number of methoxy groups -OCH3 is 1. The number of anilines is 2.